The number of hydrogen-bond donors (Lipinski definition) is 1. The summed E-state index contributed by atoms with van der Waals surface area (Å²) in [6.45, 7) is 2.01. The van der Waals surface area contributed by atoms with Gasteiger partial charge in [0.25, 0.3) is 0 Å². The van der Waals surface area contributed by atoms with E-state index in [1.165, 1.54) is 0 Å². The molecule has 140 valence electrons. The van der Waals surface area contributed by atoms with Crippen molar-refractivity contribution in [3.05, 3.63) is 60.7 Å². The minimum absolute atomic E-state index is 0.0246. The first-order valence-electron chi connectivity index (χ1n) is 9.45. The van der Waals surface area contributed by atoms with Gasteiger partial charge in [-0.2, -0.15) is 0 Å². The molecule has 0 bridgehead atoms. The molecule has 5 rings (SSSR count). The maximum atomic E-state index is 13.1. The third-order valence-corrected chi connectivity index (χ3v) is 5.50. The molecule has 0 spiro atoms. The fourth-order valence-electron chi connectivity index (χ4n) is 4.01. The Labute approximate surface area is 162 Å². The number of carbonyl (C=O) groups excluding carboxylic acids is 1. The SMILES string of the molecule is Cc1ccc(NC(=O)[C@@H]2C[C@@H]3C[C@@H]3N2c2ncccn2)cc1-c1ncccn1. The van der Waals surface area contributed by atoms with E-state index in [1.807, 2.05) is 25.1 Å². The number of nitrogens with zero attached hydrogens (tertiary/aromatic N) is 5. The summed E-state index contributed by atoms with van der Waals surface area (Å²) in [6.07, 6.45) is 8.83. The van der Waals surface area contributed by atoms with Crippen LogP contribution in [0.3, 0.4) is 0 Å². The fourth-order valence-corrected chi connectivity index (χ4v) is 4.01. The number of anilines is 2. The van der Waals surface area contributed by atoms with E-state index in [9.17, 15) is 4.79 Å². The lowest BCUT2D eigenvalue weighted by atomic mass is 10.1. The molecule has 0 radical (unpaired) electrons. The first kappa shape index (κ1) is 16.8. The van der Waals surface area contributed by atoms with Gasteiger partial charge >= 0.3 is 0 Å². The third-order valence-electron chi connectivity index (χ3n) is 5.50. The molecular weight excluding hydrogens is 352 g/mol. The number of nitrogens with one attached hydrogen (secondary N) is 1. The molecule has 1 aromatic carbocycles. The Morgan fingerprint density at radius 3 is 2.50 bits per heavy atom. The van der Waals surface area contributed by atoms with Gasteiger partial charge in [-0.05, 0) is 55.5 Å². The van der Waals surface area contributed by atoms with E-state index in [0.717, 1.165) is 29.7 Å². The molecule has 1 saturated heterocycles. The average Bonchev–Trinajstić information content (AvgIpc) is 3.40. The second-order valence-corrected chi connectivity index (χ2v) is 7.36. The van der Waals surface area contributed by atoms with Crippen LogP contribution < -0.4 is 10.2 Å². The van der Waals surface area contributed by atoms with E-state index in [2.05, 4.69) is 30.2 Å². The molecule has 7 heteroatoms. The van der Waals surface area contributed by atoms with E-state index < -0.39 is 0 Å². The summed E-state index contributed by atoms with van der Waals surface area (Å²) in [5.74, 6) is 1.82. The molecule has 2 fully saturated rings. The largest absolute Gasteiger partial charge is 0.325 e. The summed E-state index contributed by atoms with van der Waals surface area (Å²) < 4.78 is 0. The monoisotopic (exact) mass is 372 g/mol. The first-order chi connectivity index (χ1) is 13.7. The number of benzene rings is 1. The Morgan fingerprint density at radius 1 is 1.04 bits per heavy atom. The molecule has 0 unspecified atom stereocenters. The fraction of sp³-hybridized carbons (Fsp3) is 0.286. The highest BCUT2D eigenvalue weighted by Crippen LogP contribution is 2.49. The molecule has 3 atom stereocenters. The quantitative estimate of drug-likeness (QED) is 0.758. The molecule has 1 aliphatic heterocycles. The van der Waals surface area contributed by atoms with Gasteiger partial charge in [0.2, 0.25) is 11.9 Å². The highest BCUT2D eigenvalue weighted by atomic mass is 16.2. The lowest BCUT2D eigenvalue weighted by molar-refractivity contribution is -0.117. The van der Waals surface area contributed by atoms with E-state index in [-0.39, 0.29) is 11.9 Å². The van der Waals surface area contributed by atoms with Gasteiger partial charge in [-0.1, -0.05) is 6.07 Å². The van der Waals surface area contributed by atoms with Crippen molar-refractivity contribution < 1.29 is 4.79 Å². The van der Waals surface area contributed by atoms with Gasteiger partial charge in [-0.25, -0.2) is 19.9 Å². The second kappa shape index (κ2) is 6.67. The summed E-state index contributed by atoms with van der Waals surface area (Å²) in [4.78, 5) is 32.5. The third kappa shape index (κ3) is 2.98. The molecule has 3 heterocycles. The molecule has 1 saturated carbocycles. The highest BCUT2D eigenvalue weighted by molar-refractivity contribution is 5.98. The van der Waals surface area contributed by atoms with Crippen molar-refractivity contribution in [2.45, 2.75) is 31.8 Å². The van der Waals surface area contributed by atoms with Crippen LogP contribution in [0.4, 0.5) is 11.6 Å². The second-order valence-electron chi connectivity index (χ2n) is 7.36. The average molecular weight is 372 g/mol. The number of aryl methyl sites for hydroxylation is 1. The van der Waals surface area contributed by atoms with Gasteiger partial charge in [0.05, 0.1) is 0 Å². The van der Waals surface area contributed by atoms with Crippen molar-refractivity contribution >= 4 is 17.5 Å². The Bertz CT molecular complexity index is 1010. The van der Waals surface area contributed by atoms with Crippen molar-refractivity contribution in [3.63, 3.8) is 0 Å². The van der Waals surface area contributed by atoms with Crippen LogP contribution >= 0.6 is 0 Å². The molecule has 3 aromatic rings. The summed E-state index contributed by atoms with van der Waals surface area (Å²) in [7, 11) is 0. The van der Waals surface area contributed by atoms with Gasteiger partial charge in [0.15, 0.2) is 5.82 Å². The molecule has 1 amide bonds. The summed E-state index contributed by atoms with van der Waals surface area (Å²) in [5, 5.41) is 3.07. The van der Waals surface area contributed by atoms with Crippen LogP contribution in [0.15, 0.2) is 55.1 Å². The predicted octanol–water partition coefficient (Wildman–Crippen LogP) is 2.85. The maximum Gasteiger partial charge on any atom is 0.247 e. The molecule has 1 aliphatic carbocycles. The lowest BCUT2D eigenvalue weighted by Crippen LogP contribution is -2.43. The van der Waals surface area contributed by atoms with Gasteiger partial charge in [-0.15, -0.1) is 0 Å². The van der Waals surface area contributed by atoms with Crippen LogP contribution in [-0.4, -0.2) is 37.9 Å². The zero-order valence-corrected chi connectivity index (χ0v) is 15.5. The summed E-state index contributed by atoms with van der Waals surface area (Å²) in [5.41, 5.74) is 2.72. The topological polar surface area (TPSA) is 83.9 Å². The van der Waals surface area contributed by atoms with E-state index in [0.29, 0.717) is 23.7 Å². The van der Waals surface area contributed by atoms with Gasteiger partial charge in [0, 0.05) is 42.1 Å². The van der Waals surface area contributed by atoms with Crippen molar-refractivity contribution in [1.82, 2.24) is 19.9 Å². The van der Waals surface area contributed by atoms with Gasteiger partial charge in [0.1, 0.15) is 6.04 Å². The van der Waals surface area contributed by atoms with Gasteiger partial charge in [-0.3, -0.25) is 4.79 Å². The number of aromatic nitrogens is 4. The van der Waals surface area contributed by atoms with Crippen LogP contribution in [-0.2, 0) is 4.79 Å². The number of hydrogen-bond acceptors (Lipinski definition) is 6. The lowest BCUT2D eigenvalue weighted by Gasteiger charge is -2.26. The molecule has 1 N–H and O–H groups in total. The molecule has 7 nitrogen and oxygen atoms in total. The Balaban J connectivity index is 1.39. The van der Waals surface area contributed by atoms with Crippen molar-refractivity contribution in [1.29, 1.82) is 0 Å². The maximum absolute atomic E-state index is 13.1. The molecule has 28 heavy (non-hydrogen) atoms. The Hall–Kier alpha value is -3.35. The number of rotatable bonds is 4. The number of piperidine rings is 1. The Kier molecular flexibility index (Phi) is 4.00. The number of amides is 1. The first-order valence-corrected chi connectivity index (χ1v) is 9.45. The van der Waals surface area contributed by atoms with Crippen molar-refractivity contribution in [3.8, 4) is 11.4 Å². The van der Waals surface area contributed by atoms with Crippen LogP contribution in [0.25, 0.3) is 11.4 Å². The molecular formula is C21H20N6O. The van der Waals surface area contributed by atoms with Crippen molar-refractivity contribution in [2.24, 2.45) is 5.92 Å². The number of carbonyl (C=O) groups is 1. The normalized spacial score (nSPS) is 22.6. The molecule has 2 aliphatic rings. The standard InChI is InChI=1S/C21H20N6O/c1-13-4-5-15(12-16(13)19-22-6-2-7-23-19)26-20(28)18-11-14-10-17(14)27(18)21-24-8-3-9-25-21/h2-9,12,14,17-18H,10-11H2,1H3,(H,26,28)/t14-,17-,18-/m0/s1. The van der Waals surface area contributed by atoms with E-state index in [4.69, 9.17) is 0 Å². The van der Waals surface area contributed by atoms with Crippen LogP contribution in [0, 0.1) is 12.8 Å². The van der Waals surface area contributed by atoms with Gasteiger partial charge < -0.3 is 10.2 Å². The zero-order chi connectivity index (χ0) is 19.1. The van der Waals surface area contributed by atoms with Crippen LogP contribution in [0.1, 0.15) is 18.4 Å². The van der Waals surface area contributed by atoms with Crippen LogP contribution in [0.5, 0.6) is 0 Å². The number of fused-ring (bicyclic) bond motifs is 1. The van der Waals surface area contributed by atoms with E-state index >= 15 is 0 Å². The zero-order valence-electron chi connectivity index (χ0n) is 15.5. The highest BCUT2D eigenvalue weighted by Gasteiger charge is 2.55. The summed E-state index contributed by atoms with van der Waals surface area (Å²) in [6, 6.07) is 9.54. The minimum atomic E-state index is -0.246. The minimum Gasteiger partial charge on any atom is -0.325 e. The summed E-state index contributed by atoms with van der Waals surface area (Å²) >= 11 is 0. The van der Waals surface area contributed by atoms with Crippen LogP contribution in [0.2, 0.25) is 0 Å². The predicted molar refractivity (Wildman–Crippen MR) is 106 cm³/mol. The Morgan fingerprint density at radius 2 is 1.75 bits per heavy atom. The van der Waals surface area contributed by atoms with Crippen molar-refractivity contribution in [2.75, 3.05) is 10.2 Å². The smallest absolute Gasteiger partial charge is 0.247 e. The molecule has 2 aromatic heterocycles. The van der Waals surface area contributed by atoms with E-state index in [1.54, 1.807) is 36.9 Å².